The van der Waals surface area contributed by atoms with Gasteiger partial charge in [0.05, 0.1) is 18.1 Å². The van der Waals surface area contributed by atoms with Gasteiger partial charge in [-0.3, -0.25) is 9.59 Å². The first-order valence-corrected chi connectivity index (χ1v) is 15.1. The minimum Gasteiger partial charge on any atom is -0.494 e. The molecule has 0 bridgehead atoms. The molecule has 0 saturated heterocycles. The highest BCUT2D eigenvalue weighted by molar-refractivity contribution is 5.96. The van der Waals surface area contributed by atoms with Crippen LogP contribution in [0.15, 0.2) is 65.8 Å². The molecule has 2 aromatic rings. The van der Waals surface area contributed by atoms with Crippen molar-refractivity contribution in [2.45, 2.75) is 66.0 Å². The molecule has 1 unspecified atom stereocenters. The first-order chi connectivity index (χ1) is 20.5. The molecule has 1 aliphatic carbocycles. The number of carbonyl (C=O) groups excluding carboxylic acids is 2. The highest BCUT2D eigenvalue weighted by Gasteiger charge is 2.50. The summed E-state index contributed by atoms with van der Waals surface area (Å²) in [6.07, 6.45) is 3.72. The lowest BCUT2D eigenvalue weighted by Crippen LogP contribution is -2.54. The molecular weight excluding hydrogens is 552 g/mol. The van der Waals surface area contributed by atoms with Gasteiger partial charge in [-0.2, -0.15) is 0 Å². The summed E-state index contributed by atoms with van der Waals surface area (Å²) in [6.45, 7) is 9.66. The number of aliphatic hydroxyl groups is 1. The highest BCUT2D eigenvalue weighted by atomic mass is 19.1. The van der Waals surface area contributed by atoms with Crippen molar-refractivity contribution < 1.29 is 28.2 Å². The Hall–Kier alpha value is -3.56. The molecule has 2 amide bonds. The summed E-state index contributed by atoms with van der Waals surface area (Å²) in [5, 5.41) is 15.1. The molecular formula is C34H45F2N3O4. The Kier molecular flexibility index (Phi) is 12.5. The van der Waals surface area contributed by atoms with Crippen LogP contribution in [0.5, 0.6) is 5.75 Å². The average molecular weight is 598 g/mol. The third-order valence-electron chi connectivity index (χ3n) is 7.76. The van der Waals surface area contributed by atoms with Gasteiger partial charge in [0.2, 0.25) is 11.8 Å². The van der Waals surface area contributed by atoms with E-state index >= 15 is 0 Å². The number of nitrogens with one attached hydrogen (secondary N) is 1. The van der Waals surface area contributed by atoms with Gasteiger partial charge in [-0.25, -0.2) is 8.78 Å². The van der Waals surface area contributed by atoms with Crippen molar-refractivity contribution in [2.75, 3.05) is 26.2 Å². The largest absolute Gasteiger partial charge is 0.494 e. The Morgan fingerprint density at radius 1 is 1.07 bits per heavy atom. The van der Waals surface area contributed by atoms with Gasteiger partial charge in [0, 0.05) is 43.7 Å². The third-order valence-corrected chi connectivity index (χ3v) is 7.76. The number of nitrogens with zero attached hydrogens (tertiary/aromatic N) is 1. The maximum atomic E-state index is 14.6. The third kappa shape index (κ3) is 8.97. The van der Waals surface area contributed by atoms with Gasteiger partial charge in [0.15, 0.2) is 0 Å². The van der Waals surface area contributed by atoms with Crippen molar-refractivity contribution in [3.8, 4) is 5.75 Å². The number of halogens is 2. The van der Waals surface area contributed by atoms with Gasteiger partial charge in [-0.1, -0.05) is 43.7 Å². The van der Waals surface area contributed by atoms with Crippen LogP contribution in [0.25, 0.3) is 0 Å². The average Bonchev–Trinajstić information content (AvgIpc) is 2.95. The van der Waals surface area contributed by atoms with Crippen LogP contribution in [0.4, 0.5) is 8.78 Å². The molecule has 0 spiro atoms. The number of carbonyl (C=O) groups is 2. The zero-order valence-corrected chi connectivity index (χ0v) is 25.7. The smallest absolute Gasteiger partial charge is 0.244 e. The van der Waals surface area contributed by atoms with Crippen LogP contribution in [-0.2, 0) is 22.6 Å². The summed E-state index contributed by atoms with van der Waals surface area (Å²) in [4.78, 5) is 28.8. The van der Waals surface area contributed by atoms with E-state index in [4.69, 9.17) is 10.5 Å². The van der Waals surface area contributed by atoms with Gasteiger partial charge in [-0.15, -0.1) is 0 Å². The number of hydrogen-bond donors (Lipinski definition) is 3. The van der Waals surface area contributed by atoms with Crippen LogP contribution in [0.3, 0.4) is 0 Å². The van der Waals surface area contributed by atoms with Gasteiger partial charge < -0.3 is 25.8 Å². The molecule has 0 fully saturated rings. The molecule has 0 aromatic heterocycles. The second-order valence-corrected chi connectivity index (χ2v) is 11.3. The van der Waals surface area contributed by atoms with Gasteiger partial charge in [0.1, 0.15) is 17.4 Å². The van der Waals surface area contributed by atoms with Crippen LogP contribution in [0.2, 0.25) is 0 Å². The molecule has 0 aliphatic heterocycles. The van der Waals surface area contributed by atoms with Crippen molar-refractivity contribution in [1.29, 1.82) is 0 Å². The Bertz CT molecular complexity index is 1300. The van der Waals surface area contributed by atoms with Crippen molar-refractivity contribution in [3.63, 3.8) is 0 Å². The zero-order chi connectivity index (χ0) is 31.6. The van der Waals surface area contributed by atoms with Gasteiger partial charge in [-0.05, 0) is 74.9 Å². The minimum absolute atomic E-state index is 0.00892. The molecule has 3 atom stereocenters. The molecule has 0 saturated carbocycles. The number of amides is 2. The molecule has 9 heteroatoms. The van der Waals surface area contributed by atoms with Crippen molar-refractivity contribution in [3.05, 3.63) is 88.5 Å². The number of ether oxygens (including phenoxy) is 1. The monoisotopic (exact) mass is 597 g/mol. The summed E-state index contributed by atoms with van der Waals surface area (Å²) >= 11 is 0. The number of nitrogens with two attached hydrogens (primary N) is 1. The number of rotatable bonds is 16. The fourth-order valence-corrected chi connectivity index (χ4v) is 6.04. The topological polar surface area (TPSA) is 105 Å². The van der Waals surface area contributed by atoms with E-state index in [0.29, 0.717) is 50.2 Å². The molecule has 1 aliphatic rings. The molecule has 0 heterocycles. The van der Waals surface area contributed by atoms with Gasteiger partial charge >= 0.3 is 0 Å². The molecule has 7 nitrogen and oxygen atoms in total. The predicted molar refractivity (Wildman–Crippen MR) is 164 cm³/mol. The van der Waals surface area contributed by atoms with Crippen molar-refractivity contribution >= 4 is 11.8 Å². The van der Waals surface area contributed by atoms with Gasteiger partial charge in [0.25, 0.3) is 0 Å². The maximum absolute atomic E-state index is 14.6. The molecule has 234 valence electrons. The first kappa shape index (κ1) is 33.9. The van der Waals surface area contributed by atoms with E-state index in [1.165, 1.54) is 12.1 Å². The number of allylic oxidation sites excluding steroid dienone is 2. The SMILES string of the molecule is CCCN(CCC)C(=O)C1([C@H](Cc2cc(F)cc(F)c2)[C@@H](O)CNCc2cccc(OCC)c2)C=C(C)C=C(C(N)=O)C1. The van der Waals surface area contributed by atoms with Crippen LogP contribution in [0, 0.1) is 23.0 Å². The van der Waals surface area contributed by atoms with E-state index in [0.717, 1.165) is 17.4 Å². The summed E-state index contributed by atoms with van der Waals surface area (Å²) in [6, 6.07) is 10.8. The predicted octanol–water partition coefficient (Wildman–Crippen LogP) is 5.07. The van der Waals surface area contributed by atoms with Crippen molar-refractivity contribution in [1.82, 2.24) is 10.2 Å². The van der Waals surface area contributed by atoms with E-state index in [1.807, 2.05) is 45.0 Å². The highest BCUT2D eigenvalue weighted by Crippen LogP contribution is 2.45. The van der Waals surface area contributed by atoms with E-state index in [9.17, 15) is 23.5 Å². The van der Waals surface area contributed by atoms with E-state index in [2.05, 4.69) is 5.32 Å². The number of hydrogen-bond acceptors (Lipinski definition) is 5. The Morgan fingerprint density at radius 2 is 1.74 bits per heavy atom. The van der Waals surface area contributed by atoms with E-state index in [1.54, 1.807) is 24.0 Å². The summed E-state index contributed by atoms with van der Waals surface area (Å²) in [5.74, 6) is -2.51. The fourth-order valence-electron chi connectivity index (χ4n) is 6.04. The lowest BCUT2D eigenvalue weighted by Gasteiger charge is -2.45. The van der Waals surface area contributed by atoms with Crippen LogP contribution in [0.1, 0.15) is 58.1 Å². The second kappa shape index (κ2) is 15.8. The van der Waals surface area contributed by atoms with Crippen LogP contribution < -0.4 is 15.8 Å². The Balaban J connectivity index is 2.06. The summed E-state index contributed by atoms with van der Waals surface area (Å²) < 4.78 is 34.2. The van der Waals surface area contributed by atoms with E-state index < -0.39 is 35.0 Å². The lowest BCUT2D eigenvalue weighted by molar-refractivity contribution is -0.145. The van der Waals surface area contributed by atoms with Crippen LogP contribution in [-0.4, -0.2) is 54.2 Å². The second-order valence-electron chi connectivity index (χ2n) is 11.3. The Morgan fingerprint density at radius 3 is 2.35 bits per heavy atom. The molecule has 0 radical (unpaired) electrons. The molecule has 4 N–H and O–H groups in total. The minimum atomic E-state index is -1.38. The zero-order valence-electron chi connectivity index (χ0n) is 25.7. The normalized spacial score (nSPS) is 17.9. The summed E-state index contributed by atoms with van der Waals surface area (Å²) in [5.41, 5.74) is 6.53. The quantitative estimate of drug-likeness (QED) is 0.251. The molecule has 3 rings (SSSR count). The van der Waals surface area contributed by atoms with Crippen molar-refractivity contribution in [2.24, 2.45) is 17.1 Å². The Labute approximate surface area is 253 Å². The van der Waals surface area contributed by atoms with Crippen LogP contribution >= 0.6 is 0 Å². The number of benzene rings is 2. The first-order valence-electron chi connectivity index (χ1n) is 15.1. The molecule has 43 heavy (non-hydrogen) atoms. The fraction of sp³-hybridized carbons (Fsp3) is 0.471. The van der Waals surface area contributed by atoms with E-state index in [-0.39, 0.29) is 30.9 Å². The summed E-state index contributed by atoms with van der Waals surface area (Å²) in [7, 11) is 0. The number of aliphatic hydroxyl groups excluding tert-OH is 1. The lowest BCUT2D eigenvalue weighted by atomic mass is 9.63. The maximum Gasteiger partial charge on any atom is 0.244 e. The standard InChI is InChI=1S/C34H45F2N3O4/c1-5-11-39(12-6-2)33(42)34(19-23(4)13-26(20-34)32(37)41)30(17-25-14-27(35)18-28(36)15-25)31(40)22-38-21-24-9-8-10-29(16-24)43-7-3/h8-10,13-16,18-19,30-31,38,40H,5-7,11-12,17,20-22H2,1-4H3,(H2,37,41)/t30-,31+,34?/m1/s1. The molecule has 2 aromatic carbocycles. The number of primary amides is 1.